The first-order chi connectivity index (χ1) is 11.1. The third-order valence-electron chi connectivity index (χ3n) is 4.63. The van der Waals surface area contributed by atoms with Gasteiger partial charge in [0.1, 0.15) is 0 Å². The zero-order chi connectivity index (χ0) is 16.3. The third-order valence-corrected chi connectivity index (χ3v) is 4.63. The maximum Gasteiger partial charge on any atom is 0.223 e. The van der Waals surface area contributed by atoms with E-state index >= 15 is 0 Å². The molecule has 2 aliphatic rings. The minimum Gasteiger partial charge on any atom is -0.347 e. The normalized spacial score (nSPS) is 20.0. The number of ketones is 1. The molecule has 0 aliphatic carbocycles. The minimum atomic E-state index is -0.464. The van der Waals surface area contributed by atoms with Crippen LogP contribution < -0.4 is 0 Å². The van der Waals surface area contributed by atoms with Gasteiger partial charge in [-0.1, -0.05) is 29.8 Å². The number of hydrogen-bond acceptors (Lipinski definition) is 4. The van der Waals surface area contributed by atoms with Crippen molar-refractivity contribution in [3.05, 3.63) is 35.4 Å². The number of rotatable bonds is 4. The van der Waals surface area contributed by atoms with Gasteiger partial charge in [0.2, 0.25) is 5.91 Å². The Kier molecular flexibility index (Phi) is 4.78. The average Bonchev–Trinajstić information content (AvgIpc) is 3.02. The van der Waals surface area contributed by atoms with Crippen LogP contribution in [-0.2, 0) is 14.3 Å². The van der Waals surface area contributed by atoms with Crippen molar-refractivity contribution in [2.45, 2.75) is 38.4 Å². The van der Waals surface area contributed by atoms with Crippen LogP contribution in [0.2, 0.25) is 0 Å². The first-order valence-corrected chi connectivity index (χ1v) is 8.24. The van der Waals surface area contributed by atoms with Crippen LogP contribution in [0.1, 0.15) is 41.6 Å². The van der Waals surface area contributed by atoms with Crippen molar-refractivity contribution in [2.24, 2.45) is 0 Å². The van der Waals surface area contributed by atoms with Gasteiger partial charge in [0.25, 0.3) is 0 Å². The topological polar surface area (TPSA) is 55.8 Å². The largest absolute Gasteiger partial charge is 0.347 e. The number of nitrogens with zero attached hydrogens (tertiary/aromatic N) is 1. The fraction of sp³-hybridized carbons (Fsp3) is 0.556. The van der Waals surface area contributed by atoms with E-state index in [0.29, 0.717) is 44.7 Å². The van der Waals surface area contributed by atoms with Crippen LogP contribution >= 0.6 is 0 Å². The molecule has 1 aromatic carbocycles. The molecule has 124 valence electrons. The molecule has 1 spiro atoms. The molecule has 2 aliphatic heterocycles. The van der Waals surface area contributed by atoms with E-state index in [0.717, 1.165) is 5.56 Å². The number of ether oxygens (including phenoxy) is 2. The summed E-state index contributed by atoms with van der Waals surface area (Å²) in [5, 5.41) is 0. The molecule has 2 fully saturated rings. The number of Topliss-reactive ketones (excluding diaryl/α,β-unsaturated/α-hetero) is 1. The predicted molar refractivity (Wildman–Crippen MR) is 85.2 cm³/mol. The SMILES string of the molecule is Cc1ccc(C(=O)CCC(=O)N2CCC3(CC2)OCCO3)cc1. The molecule has 5 nitrogen and oxygen atoms in total. The summed E-state index contributed by atoms with van der Waals surface area (Å²) in [6.45, 7) is 4.53. The molecule has 0 radical (unpaired) electrons. The summed E-state index contributed by atoms with van der Waals surface area (Å²) in [6, 6.07) is 7.48. The van der Waals surface area contributed by atoms with Crippen molar-refractivity contribution in [2.75, 3.05) is 26.3 Å². The lowest BCUT2D eigenvalue weighted by Crippen LogP contribution is -2.47. The predicted octanol–water partition coefficient (Wildman–Crippen LogP) is 2.32. The number of piperidine rings is 1. The fourth-order valence-electron chi connectivity index (χ4n) is 3.14. The zero-order valence-electron chi connectivity index (χ0n) is 13.5. The maximum atomic E-state index is 12.3. The van der Waals surface area contributed by atoms with Crippen molar-refractivity contribution >= 4 is 11.7 Å². The Hall–Kier alpha value is -1.72. The van der Waals surface area contributed by atoms with E-state index in [1.807, 2.05) is 36.1 Å². The summed E-state index contributed by atoms with van der Waals surface area (Å²) in [4.78, 5) is 26.2. The Bertz CT molecular complexity index is 565. The van der Waals surface area contributed by atoms with E-state index in [2.05, 4.69) is 0 Å². The van der Waals surface area contributed by atoms with Gasteiger partial charge in [-0.05, 0) is 6.92 Å². The van der Waals surface area contributed by atoms with Crippen molar-refractivity contribution in [1.82, 2.24) is 4.90 Å². The van der Waals surface area contributed by atoms with Gasteiger partial charge in [-0.3, -0.25) is 9.59 Å². The second-order valence-electron chi connectivity index (χ2n) is 6.28. The van der Waals surface area contributed by atoms with E-state index in [-0.39, 0.29) is 24.5 Å². The van der Waals surface area contributed by atoms with Gasteiger partial charge in [0.05, 0.1) is 13.2 Å². The third kappa shape index (κ3) is 3.79. The van der Waals surface area contributed by atoms with Gasteiger partial charge in [-0.25, -0.2) is 0 Å². The second-order valence-corrected chi connectivity index (χ2v) is 6.28. The highest BCUT2D eigenvalue weighted by Gasteiger charge is 2.40. The molecule has 23 heavy (non-hydrogen) atoms. The van der Waals surface area contributed by atoms with Crippen molar-refractivity contribution in [3.63, 3.8) is 0 Å². The number of benzene rings is 1. The molecule has 0 atom stereocenters. The maximum absolute atomic E-state index is 12.3. The smallest absolute Gasteiger partial charge is 0.223 e. The van der Waals surface area contributed by atoms with Crippen LogP contribution in [0, 0.1) is 6.92 Å². The fourth-order valence-corrected chi connectivity index (χ4v) is 3.14. The quantitative estimate of drug-likeness (QED) is 0.800. The molecule has 2 heterocycles. The number of hydrogen-bond donors (Lipinski definition) is 0. The summed E-state index contributed by atoms with van der Waals surface area (Å²) in [5.41, 5.74) is 1.80. The highest BCUT2D eigenvalue weighted by atomic mass is 16.7. The molecule has 0 aromatic heterocycles. The van der Waals surface area contributed by atoms with E-state index in [4.69, 9.17) is 9.47 Å². The molecule has 5 heteroatoms. The van der Waals surface area contributed by atoms with Crippen LogP contribution in [0.3, 0.4) is 0 Å². The molecule has 0 saturated carbocycles. The first-order valence-electron chi connectivity index (χ1n) is 8.24. The van der Waals surface area contributed by atoms with Gasteiger partial charge in [-0.2, -0.15) is 0 Å². The molecule has 1 amide bonds. The van der Waals surface area contributed by atoms with Gasteiger partial charge >= 0.3 is 0 Å². The Morgan fingerprint density at radius 2 is 1.65 bits per heavy atom. The monoisotopic (exact) mass is 317 g/mol. The molecule has 1 aromatic rings. The molecule has 0 bridgehead atoms. The van der Waals surface area contributed by atoms with Gasteiger partial charge in [-0.15, -0.1) is 0 Å². The van der Waals surface area contributed by atoms with Crippen LogP contribution in [0.15, 0.2) is 24.3 Å². The summed E-state index contributed by atoms with van der Waals surface area (Å²) < 4.78 is 11.3. The molecular formula is C18H23NO4. The Labute approximate surface area is 136 Å². The van der Waals surface area contributed by atoms with E-state index in [9.17, 15) is 9.59 Å². The lowest BCUT2D eigenvalue weighted by molar-refractivity contribution is -0.187. The van der Waals surface area contributed by atoms with Crippen molar-refractivity contribution in [3.8, 4) is 0 Å². The first kappa shape index (κ1) is 16.1. The van der Waals surface area contributed by atoms with Crippen molar-refractivity contribution in [1.29, 1.82) is 0 Å². The highest BCUT2D eigenvalue weighted by Crippen LogP contribution is 2.31. The summed E-state index contributed by atoms with van der Waals surface area (Å²) >= 11 is 0. The lowest BCUT2D eigenvalue weighted by Gasteiger charge is -2.37. The summed E-state index contributed by atoms with van der Waals surface area (Å²) in [7, 11) is 0. The summed E-state index contributed by atoms with van der Waals surface area (Å²) in [6.07, 6.45) is 1.95. The number of amides is 1. The van der Waals surface area contributed by atoms with Crippen molar-refractivity contribution < 1.29 is 19.1 Å². The van der Waals surface area contributed by atoms with E-state index in [1.54, 1.807) is 0 Å². The standard InChI is InChI=1S/C18H23NO4/c1-14-2-4-15(5-3-14)16(20)6-7-17(21)19-10-8-18(9-11-19)22-12-13-23-18/h2-5H,6-13H2,1H3. The number of carbonyl (C=O) groups is 2. The number of likely N-dealkylation sites (tertiary alicyclic amines) is 1. The lowest BCUT2D eigenvalue weighted by atomic mass is 10.0. The second kappa shape index (κ2) is 6.81. The minimum absolute atomic E-state index is 0.0225. The van der Waals surface area contributed by atoms with Crippen LogP contribution in [0.4, 0.5) is 0 Å². The molecule has 3 rings (SSSR count). The number of aryl methyl sites for hydroxylation is 1. The number of carbonyl (C=O) groups excluding carboxylic acids is 2. The van der Waals surface area contributed by atoms with E-state index in [1.165, 1.54) is 0 Å². The molecule has 0 unspecified atom stereocenters. The van der Waals surface area contributed by atoms with Gasteiger partial charge < -0.3 is 14.4 Å². The highest BCUT2D eigenvalue weighted by molar-refractivity contribution is 5.97. The Balaban J connectivity index is 1.46. The average molecular weight is 317 g/mol. The van der Waals surface area contributed by atoms with Gasteiger partial charge in [0, 0.05) is 44.3 Å². The molecular weight excluding hydrogens is 294 g/mol. The molecule has 0 N–H and O–H groups in total. The van der Waals surface area contributed by atoms with Crippen LogP contribution in [-0.4, -0.2) is 48.7 Å². The Morgan fingerprint density at radius 3 is 2.26 bits per heavy atom. The summed E-state index contributed by atoms with van der Waals surface area (Å²) in [5.74, 6) is -0.401. The zero-order valence-corrected chi connectivity index (χ0v) is 13.5. The molecule has 2 saturated heterocycles. The van der Waals surface area contributed by atoms with Gasteiger partial charge in [0.15, 0.2) is 11.6 Å². The Morgan fingerprint density at radius 1 is 1.04 bits per heavy atom. The van der Waals surface area contributed by atoms with Crippen LogP contribution in [0.25, 0.3) is 0 Å². The van der Waals surface area contributed by atoms with E-state index < -0.39 is 5.79 Å². The van der Waals surface area contributed by atoms with Crippen LogP contribution in [0.5, 0.6) is 0 Å².